The molecule has 0 rings (SSSR count). The van der Waals surface area contributed by atoms with Gasteiger partial charge >= 0.3 is 6.09 Å². The second-order valence-corrected chi connectivity index (χ2v) is 5.69. The van der Waals surface area contributed by atoms with Gasteiger partial charge in [-0.1, -0.05) is 25.8 Å². The van der Waals surface area contributed by atoms with Crippen molar-refractivity contribution in [2.24, 2.45) is 5.73 Å². The zero-order valence-electron chi connectivity index (χ0n) is 13.0. The molecule has 0 heterocycles. The molecule has 4 heteroatoms. The zero-order chi connectivity index (χ0) is 15.9. The molecule has 0 bridgehead atoms. The summed E-state index contributed by atoms with van der Waals surface area (Å²) in [5.74, 6) is 0. The van der Waals surface area contributed by atoms with E-state index in [1.165, 1.54) is 4.90 Å². The lowest BCUT2D eigenvalue weighted by molar-refractivity contribution is 0.0301. The van der Waals surface area contributed by atoms with Crippen LogP contribution in [0, 0.1) is 0 Å². The van der Waals surface area contributed by atoms with E-state index in [1.54, 1.807) is 19.2 Å². The van der Waals surface area contributed by atoms with E-state index in [-0.39, 0.29) is 6.09 Å². The molecule has 0 atom stereocenters. The third kappa shape index (κ3) is 8.19. The molecule has 0 saturated heterocycles. The van der Waals surface area contributed by atoms with Gasteiger partial charge in [0.05, 0.1) is 0 Å². The number of rotatable bonds is 6. The van der Waals surface area contributed by atoms with Crippen LogP contribution in [0.1, 0.15) is 27.2 Å². The maximum absolute atomic E-state index is 11.8. The molecule has 20 heavy (non-hydrogen) atoms. The third-order valence-corrected chi connectivity index (χ3v) is 2.41. The average Bonchev–Trinajstić information content (AvgIpc) is 2.30. The van der Waals surface area contributed by atoms with Crippen LogP contribution < -0.4 is 5.73 Å². The highest BCUT2D eigenvalue weighted by Gasteiger charge is 2.19. The molecular formula is C16H26N2O2. The maximum atomic E-state index is 11.8. The number of hydrogen-bond donors (Lipinski definition) is 1. The van der Waals surface area contributed by atoms with Crippen molar-refractivity contribution in [2.45, 2.75) is 32.8 Å². The first-order valence-electron chi connectivity index (χ1n) is 6.46. The fourth-order valence-corrected chi connectivity index (χ4v) is 1.22. The Bertz CT molecular complexity index is 428. The van der Waals surface area contributed by atoms with Crippen molar-refractivity contribution < 1.29 is 9.53 Å². The number of carbonyl (C=O) groups excluding carboxylic acids is 1. The monoisotopic (exact) mass is 278 g/mol. The van der Waals surface area contributed by atoms with Crippen LogP contribution >= 0.6 is 0 Å². The van der Waals surface area contributed by atoms with Crippen LogP contribution in [0.25, 0.3) is 0 Å². The summed E-state index contributed by atoms with van der Waals surface area (Å²) in [7, 11) is 1.70. The van der Waals surface area contributed by atoms with Crippen molar-refractivity contribution >= 4 is 6.09 Å². The number of ether oxygens (including phenoxy) is 1. The summed E-state index contributed by atoms with van der Waals surface area (Å²) in [4.78, 5) is 13.3. The molecule has 0 unspecified atom stereocenters. The van der Waals surface area contributed by atoms with Crippen molar-refractivity contribution in [3.63, 3.8) is 0 Å². The van der Waals surface area contributed by atoms with Crippen molar-refractivity contribution in [1.29, 1.82) is 0 Å². The molecule has 112 valence electrons. The Morgan fingerprint density at radius 2 is 1.80 bits per heavy atom. The Kier molecular flexibility index (Phi) is 6.83. The highest BCUT2D eigenvalue weighted by Crippen LogP contribution is 2.14. The van der Waals surface area contributed by atoms with E-state index in [4.69, 9.17) is 10.5 Å². The maximum Gasteiger partial charge on any atom is 0.410 e. The minimum atomic E-state index is -0.490. The fraction of sp³-hybridized carbons (Fsp3) is 0.438. The lowest BCUT2D eigenvalue weighted by atomic mass is 10.1. The van der Waals surface area contributed by atoms with Gasteiger partial charge in [-0.15, -0.1) is 0 Å². The standard InChI is InChI=1S/C16H26N2O2/c1-12(8-9-14(3)17)13(2)10-11-18(7)15(19)20-16(4,5)6/h8-9H,1-3,10-11,17H2,4-7H3/b9-8-. The smallest absolute Gasteiger partial charge is 0.410 e. The Morgan fingerprint density at radius 1 is 1.25 bits per heavy atom. The van der Waals surface area contributed by atoms with Gasteiger partial charge in [-0.2, -0.15) is 0 Å². The van der Waals surface area contributed by atoms with E-state index in [0.29, 0.717) is 18.7 Å². The fourth-order valence-electron chi connectivity index (χ4n) is 1.22. The van der Waals surface area contributed by atoms with Crippen LogP contribution in [0.2, 0.25) is 0 Å². The minimum absolute atomic E-state index is 0.346. The number of allylic oxidation sites excluding steroid dienone is 3. The highest BCUT2D eigenvalue weighted by molar-refractivity contribution is 5.67. The van der Waals surface area contributed by atoms with Gasteiger partial charge in [-0.05, 0) is 44.4 Å². The Hall–Kier alpha value is -1.97. The number of carbonyl (C=O) groups is 1. The average molecular weight is 278 g/mol. The van der Waals surface area contributed by atoms with E-state index in [0.717, 1.165) is 11.1 Å². The van der Waals surface area contributed by atoms with Crippen molar-refractivity contribution in [3.8, 4) is 0 Å². The number of hydrogen-bond acceptors (Lipinski definition) is 3. The molecule has 0 aromatic rings. The minimum Gasteiger partial charge on any atom is -0.444 e. The van der Waals surface area contributed by atoms with Gasteiger partial charge in [0.25, 0.3) is 0 Å². The normalized spacial score (nSPS) is 11.2. The molecule has 0 aromatic heterocycles. The molecule has 0 aliphatic rings. The van der Waals surface area contributed by atoms with Crippen LogP contribution in [0.4, 0.5) is 4.79 Å². The number of nitrogens with zero attached hydrogens (tertiary/aromatic N) is 1. The molecule has 0 aromatic carbocycles. The molecule has 0 radical (unpaired) electrons. The van der Waals surface area contributed by atoms with E-state index in [1.807, 2.05) is 20.8 Å². The zero-order valence-corrected chi connectivity index (χ0v) is 13.0. The summed E-state index contributed by atoms with van der Waals surface area (Å²) in [5, 5.41) is 0. The van der Waals surface area contributed by atoms with Gasteiger partial charge < -0.3 is 15.4 Å². The quantitative estimate of drug-likeness (QED) is 0.758. The SMILES string of the molecule is C=C(N)/C=C\C(=C)C(=C)CCN(C)C(=O)OC(C)(C)C. The van der Waals surface area contributed by atoms with Gasteiger partial charge in [-0.25, -0.2) is 4.79 Å². The lowest BCUT2D eigenvalue weighted by Gasteiger charge is -2.24. The first-order valence-corrected chi connectivity index (χ1v) is 6.46. The van der Waals surface area contributed by atoms with Crippen molar-refractivity contribution in [1.82, 2.24) is 4.90 Å². The second-order valence-electron chi connectivity index (χ2n) is 5.69. The molecule has 4 nitrogen and oxygen atoms in total. The lowest BCUT2D eigenvalue weighted by Crippen LogP contribution is -2.34. The van der Waals surface area contributed by atoms with Crippen LogP contribution in [0.15, 0.2) is 48.7 Å². The summed E-state index contributed by atoms with van der Waals surface area (Å²) in [6, 6.07) is 0. The predicted molar refractivity (Wildman–Crippen MR) is 84.2 cm³/mol. The highest BCUT2D eigenvalue weighted by atomic mass is 16.6. The van der Waals surface area contributed by atoms with Crippen molar-refractivity contribution in [3.05, 3.63) is 48.7 Å². The molecule has 2 N–H and O–H groups in total. The van der Waals surface area contributed by atoms with Crippen molar-refractivity contribution in [2.75, 3.05) is 13.6 Å². The summed E-state index contributed by atoms with van der Waals surface area (Å²) in [6.07, 6.45) is 3.71. The van der Waals surface area contributed by atoms with Gasteiger partial charge in [-0.3, -0.25) is 0 Å². The van der Waals surface area contributed by atoms with Gasteiger partial charge in [0, 0.05) is 19.3 Å². The summed E-state index contributed by atoms with van der Waals surface area (Å²) < 4.78 is 5.26. The van der Waals surface area contributed by atoms with Gasteiger partial charge in [0.2, 0.25) is 0 Å². The molecule has 0 aliphatic heterocycles. The van der Waals surface area contributed by atoms with Gasteiger partial charge in [0.15, 0.2) is 0 Å². The molecule has 0 fully saturated rings. The summed E-state index contributed by atoms with van der Waals surface area (Å²) in [5.41, 5.74) is 7.03. The van der Waals surface area contributed by atoms with Crippen LogP contribution in [-0.2, 0) is 4.74 Å². The molecule has 1 amide bonds. The first kappa shape index (κ1) is 18.0. The Balaban J connectivity index is 4.28. The molecular weight excluding hydrogens is 252 g/mol. The first-order chi connectivity index (χ1) is 9.03. The second kappa shape index (κ2) is 7.58. The van der Waals surface area contributed by atoms with Crippen LogP contribution in [0.3, 0.4) is 0 Å². The molecule has 0 aliphatic carbocycles. The van der Waals surface area contributed by atoms with E-state index in [2.05, 4.69) is 19.7 Å². The number of nitrogens with two attached hydrogens (primary N) is 1. The number of amides is 1. The van der Waals surface area contributed by atoms with E-state index < -0.39 is 5.60 Å². The van der Waals surface area contributed by atoms with Crippen LogP contribution in [-0.4, -0.2) is 30.2 Å². The topological polar surface area (TPSA) is 55.6 Å². The van der Waals surface area contributed by atoms with E-state index >= 15 is 0 Å². The Labute approximate surface area is 122 Å². The Morgan fingerprint density at radius 3 is 2.25 bits per heavy atom. The van der Waals surface area contributed by atoms with Crippen LogP contribution in [0.5, 0.6) is 0 Å². The predicted octanol–water partition coefficient (Wildman–Crippen LogP) is 3.38. The summed E-state index contributed by atoms with van der Waals surface area (Å²) in [6.45, 7) is 17.4. The molecule has 0 saturated carbocycles. The van der Waals surface area contributed by atoms with Gasteiger partial charge in [0.1, 0.15) is 5.60 Å². The van der Waals surface area contributed by atoms with E-state index in [9.17, 15) is 4.79 Å². The largest absolute Gasteiger partial charge is 0.444 e. The summed E-state index contributed by atoms with van der Waals surface area (Å²) >= 11 is 0. The third-order valence-electron chi connectivity index (χ3n) is 2.41. The molecule has 0 spiro atoms.